The Bertz CT molecular complexity index is 390. The highest BCUT2D eigenvalue weighted by atomic mass is 35.5. The first-order valence-electron chi connectivity index (χ1n) is 6.71. The molecule has 0 aliphatic heterocycles. The van der Waals surface area contributed by atoms with E-state index in [-0.39, 0.29) is 0 Å². The molecular weight excluding hydrogens is 283 g/mol. The van der Waals surface area contributed by atoms with Crippen molar-refractivity contribution in [3.63, 3.8) is 0 Å². The van der Waals surface area contributed by atoms with E-state index in [1.54, 1.807) is 6.07 Å². The number of anilines is 2. The van der Waals surface area contributed by atoms with E-state index in [9.17, 15) is 0 Å². The van der Waals surface area contributed by atoms with Crippen molar-refractivity contribution in [2.24, 2.45) is 5.84 Å². The van der Waals surface area contributed by atoms with E-state index in [4.69, 9.17) is 29.0 Å². The van der Waals surface area contributed by atoms with Gasteiger partial charge in [0, 0.05) is 13.1 Å². The summed E-state index contributed by atoms with van der Waals surface area (Å²) in [4.78, 5) is 6.62. The second-order valence-electron chi connectivity index (χ2n) is 4.46. The fourth-order valence-electron chi connectivity index (χ4n) is 1.80. The average molecular weight is 305 g/mol. The normalized spacial score (nSPS) is 10.6. The summed E-state index contributed by atoms with van der Waals surface area (Å²) >= 11 is 12.3. The van der Waals surface area contributed by atoms with Crippen LogP contribution in [-0.4, -0.2) is 18.1 Å². The number of hydrogen-bond donors (Lipinski definition) is 2. The lowest BCUT2D eigenvalue weighted by atomic mass is 10.2. The van der Waals surface area contributed by atoms with Crippen LogP contribution in [0.15, 0.2) is 6.07 Å². The van der Waals surface area contributed by atoms with Crippen LogP contribution in [0.5, 0.6) is 0 Å². The molecular formula is C13H22Cl2N4. The molecule has 3 N–H and O–H groups in total. The van der Waals surface area contributed by atoms with Crippen molar-refractivity contribution in [2.75, 3.05) is 23.4 Å². The van der Waals surface area contributed by atoms with Gasteiger partial charge in [-0.15, -0.1) is 0 Å². The number of hydrogen-bond acceptors (Lipinski definition) is 4. The lowest BCUT2D eigenvalue weighted by Gasteiger charge is -2.25. The molecule has 1 aromatic rings. The zero-order valence-electron chi connectivity index (χ0n) is 11.5. The highest BCUT2D eigenvalue weighted by Crippen LogP contribution is 2.31. The molecule has 6 heteroatoms. The summed E-state index contributed by atoms with van der Waals surface area (Å²) in [6, 6.07) is 1.69. The van der Waals surface area contributed by atoms with Crippen LogP contribution in [0.2, 0.25) is 10.0 Å². The fraction of sp³-hybridized carbons (Fsp3) is 0.615. The third kappa shape index (κ3) is 4.71. The number of rotatable bonds is 8. The summed E-state index contributed by atoms with van der Waals surface area (Å²) in [6.07, 6.45) is 4.48. The smallest absolute Gasteiger partial charge is 0.161 e. The maximum absolute atomic E-state index is 6.25. The maximum Gasteiger partial charge on any atom is 0.161 e. The molecule has 4 nitrogen and oxygen atoms in total. The van der Waals surface area contributed by atoms with Crippen molar-refractivity contribution < 1.29 is 0 Å². The summed E-state index contributed by atoms with van der Waals surface area (Å²) in [6.45, 7) is 6.22. The molecule has 19 heavy (non-hydrogen) atoms. The Labute approximate surface area is 125 Å². The van der Waals surface area contributed by atoms with Crippen LogP contribution in [-0.2, 0) is 0 Å². The van der Waals surface area contributed by atoms with Gasteiger partial charge in [0.15, 0.2) is 5.82 Å². The van der Waals surface area contributed by atoms with Crippen molar-refractivity contribution in [2.45, 2.75) is 39.5 Å². The lowest BCUT2D eigenvalue weighted by molar-refractivity contribution is 0.671. The minimum Gasteiger partial charge on any atom is -0.355 e. The highest BCUT2D eigenvalue weighted by Gasteiger charge is 2.14. The Hall–Kier alpha value is -0.710. The molecule has 1 rings (SSSR count). The first-order chi connectivity index (χ1) is 9.13. The van der Waals surface area contributed by atoms with Gasteiger partial charge in [0.2, 0.25) is 0 Å². The summed E-state index contributed by atoms with van der Waals surface area (Å²) in [5.41, 5.74) is 2.50. The summed E-state index contributed by atoms with van der Waals surface area (Å²) in [5, 5.41) is 0.999. The predicted molar refractivity (Wildman–Crippen MR) is 84.1 cm³/mol. The van der Waals surface area contributed by atoms with Crippen molar-refractivity contribution in [1.29, 1.82) is 0 Å². The van der Waals surface area contributed by atoms with Crippen molar-refractivity contribution in [3.8, 4) is 0 Å². The molecule has 108 valence electrons. The van der Waals surface area contributed by atoms with Crippen LogP contribution in [0, 0.1) is 0 Å². The van der Waals surface area contributed by atoms with Gasteiger partial charge in [-0.3, -0.25) is 0 Å². The van der Waals surface area contributed by atoms with E-state index >= 15 is 0 Å². The third-order valence-electron chi connectivity index (χ3n) is 2.91. The van der Waals surface area contributed by atoms with E-state index < -0.39 is 0 Å². The van der Waals surface area contributed by atoms with Crippen LogP contribution in [0.3, 0.4) is 0 Å². The number of halogens is 2. The SMILES string of the molecule is CCCCN(CCCC)c1nc(NN)c(Cl)cc1Cl. The predicted octanol–water partition coefficient (Wildman–Crippen LogP) is 4.08. The number of nitrogens with zero attached hydrogens (tertiary/aromatic N) is 2. The van der Waals surface area contributed by atoms with Gasteiger partial charge in [0.1, 0.15) is 5.82 Å². The van der Waals surface area contributed by atoms with Crippen LogP contribution >= 0.6 is 23.2 Å². The maximum atomic E-state index is 6.25. The van der Waals surface area contributed by atoms with Gasteiger partial charge >= 0.3 is 0 Å². The molecule has 0 aromatic carbocycles. The topological polar surface area (TPSA) is 54.2 Å². The first kappa shape index (κ1) is 16.3. The van der Waals surface area contributed by atoms with Gasteiger partial charge in [0.05, 0.1) is 10.0 Å². The van der Waals surface area contributed by atoms with E-state index in [1.807, 2.05) is 0 Å². The summed E-state index contributed by atoms with van der Waals surface area (Å²) in [7, 11) is 0. The zero-order valence-corrected chi connectivity index (χ0v) is 13.1. The number of pyridine rings is 1. The molecule has 0 saturated carbocycles. The number of nitrogens with one attached hydrogen (secondary N) is 1. The number of nitrogens with two attached hydrogens (primary N) is 1. The standard InChI is InChI=1S/C13H22Cl2N4/c1-3-5-7-19(8-6-4-2)13-11(15)9-10(14)12(17-13)18-16/h9H,3-8,16H2,1-2H3,(H,17,18). The Balaban J connectivity index is 2.98. The third-order valence-corrected chi connectivity index (χ3v) is 3.48. The van der Waals surface area contributed by atoms with Crippen LogP contribution < -0.4 is 16.2 Å². The van der Waals surface area contributed by atoms with Gasteiger partial charge in [-0.25, -0.2) is 10.8 Å². The van der Waals surface area contributed by atoms with E-state index in [0.717, 1.165) is 44.6 Å². The Morgan fingerprint density at radius 2 is 1.74 bits per heavy atom. The van der Waals surface area contributed by atoms with Crippen LogP contribution in [0.25, 0.3) is 0 Å². The molecule has 0 unspecified atom stereocenters. The van der Waals surface area contributed by atoms with Crippen LogP contribution in [0.1, 0.15) is 39.5 Å². The number of aromatic nitrogens is 1. The molecule has 0 radical (unpaired) electrons. The molecule has 0 atom stereocenters. The molecule has 0 bridgehead atoms. The fourth-order valence-corrected chi connectivity index (χ4v) is 2.33. The molecule has 1 heterocycles. The minimum atomic E-state index is 0.433. The summed E-state index contributed by atoms with van der Waals surface area (Å²) in [5.74, 6) is 6.62. The largest absolute Gasteiger partial charge is 0.355 e. The number of unbranched alkanes of at least 4 members (excludes halogenated alkanes) is 2. The zero-order chi connectivity index (χ0) is 14.3. The average Bonchev–Trinajstić information content (AvgIpc) is 2.40. The Kier molecular flexibility index (Phi) is 7.28. The Morgan fingerprint density at radius 3 is 2.21 bits per heavy atom. The molecule has 0 aliphatic rings. The Morgan fingerprint density at radius 1 is 1.16 bits per heavy atom. The molecule has 0 fully saturated rings. The highest BCUT2D eigenvalue weighted by molar-refractivity contribution is 6.37. The van der Waals surface area contributed by atoms with E-state index in [2.05, 4.69) is 29.2 Å². The van der Waals surface area contributed by atoms with E-state index in [0.29, 0.717) is 15.9 Å². The number of hydrazine groups is 1. The van der Waals surface area contributed by atoms with Crippen LogP contribution in [0.4, 0.5) is 11.6 Å². The molecule has 0 saturated heterocycles. The summed E-state index contributed by atoms with van der Waals surface area (Å²) < 4.78 is 0. The molecule has 0 amide bonds. The van der Waals surface area contributed by atoms with Gasteiger partial charge < -0.3 is 10.3 Å². The molecule has 1 aromatic heterocycles. The quantitative estimate of drug-likeness (QED) is 0.561. The lowest BCUT2D eigenvalue weighted by Crippen LogP contribution is -2.27. The monoisotopic (exact) mass is 304 g/mol. The van der Waals surface area contributed by atoms with Gasteiger partial charge in [-0.1, -0.05) is 49.9 Å². The minimum absolute atomic E-state index is 0.433. The van der Waals surface area contributed by atoms with Gasteiger partial charge in [0.25, 0.3) is 0 Å². The van der Waals surface area contributed by atoms with Crippen molar-refractivity contribution in [1.82, 2.24) is 4.98 Å². The number of nitrogen functional groups attached to an aromatic ring is 1. The molecule has 0 spiro atoms. The first-order valence-corrected chi connectivity index (χ1v) is 7.47. The van der Waals surface area contributed by atoms with Crippen molar-refractivity contribution >= 4 is 34.8 Å². The second-order valence-corrected chi connectivity index (χ2v) is 5.28. The molecule has 0 aliphatic carbocycles. The van der Waals surface area contributed by atoms with E-state index in [1.165, 1.54) is 0 Å². The van der Waals surface area contributed by atoms with Crippen molar-refractivity contribution in [3.05, 3.63) is 16.1 Å². The van der Waals surface area contributed by atoms with Gasteiger partial charge in [-0.05, 0) is 18.9 Å². The second kappa shape index (κ2) is 8.46. The van der Waals surface area contributed by atoms with Gasteiger partial charge in [-0.2, -0.15) is 0 Å².